The Hall–Kier alpha value is -0.620. The topological polar surface area (TPSA) is 64.4 Å². The van der Waals surface area contributed by atoms with Crippen LogP contribution in [0.5, 0.6) is 0 Å². The molecule has 1 aromatic carbocycles. The number of hydrogen-bond donors (Lipinski definition) is 2. The summed E-state index contributed by atoms with van der Waals surface area (Å²) in [6.07, 6.45) is 4.64. The lowest BCUT2D eigenvalue weighted by Crippen LogP contribution is -2.59. The van der Waals surface area contributed by atoms with Crippen LogP contribution < -0.4 is 11.1 Å². The Kier molecular flexibility index (Phi) is 6.11. The average molecular weight is 404 g/mol. The Bertz CT molecular complexity index is 557. The minimum absolute atomic E-state index is 0. The van der Waals surface area contributed by atoms with Crippen molar-refractivity contribution in [2.45, 2.75) is 43.1 Å². The standard InChI is InChI=1S/C17H23BrN2O2.ClH/c18-14-4-1-3-13(11-14)16(5-2-6-16)12-20-15(21)17(19)7-9-22-10-8-17;/h1,3-4,11H,2,5-10,12,19H2,(H,20,21);1H. The minimum atomic E-state index is -0.763. The van der Waals surface area contributed by atoms with E-state index < -0.39 is 5.54 Å². The predicted molar refractivity (Wildman–Crippen MR) is 96.9 cm³/mol. The van der Waals surface area contributed by atoms with E-state index in [2.05, 4.69) is 39.4 Å². The Morgan fingerprint density at radius 1 is 1.26 bits per heavy atom. The van der Waals surface area contributed by atoms with Gasteiger partial charge in [-0.1, -0.05) is 34.5 Å². The predicted octanol–water partition coefficient (Wildman–Crippen LogP) is 2.92. The molecule has 1 saturated heterocycles. The first-order valence-electron chi connectivity index (χ1n) is 7.95. The zero-order chi connectivity index (χ0) is 15.6. The molecule has 0 atom stereocenters. The summed E-state index contributed by atoms with van der Waals surface area (Å²) in [4.78, 5) is 12.5. The van der Waals surface area contributed by atoms with Gasteiger partial charge < -0.3 is 15.8 Å². The maximum Gasteiger partial charge on any atom is 0.240 e. The lowest BCUT2D eigenvalue weighted by Gasteiger charge is -2.43. The van der Waals surface area contributed by atoms with Crippen LogP contribution in [-0.4, -0.2) is 31.2 Å². The molecule has 0 spiro atoms. The van der Waals surface area contributed by atoms with Gasteiger partial charge in [0.1, 0.15) is 0 Å². The molecule has 1 saturated carbocycles. The van der Waals surface area contributed by atoms with Crippen LogP contribution in [0.2, 0.25) is 0 Å². The number of carbonyl (C=O) groups is 1. The van der Waals surface area contributed by atoms with E-state index in [0.717, 1.165) is 17.3 Å². The van der Waals surface area contributed by atoms with Gasteiger partial charge >= 0.3 is 0 Å². The van der Waals surface area contributed by atoms with Gasteiger partial charge in [0.2, 0.25) is 5.91 Å². The van der Waals surface area contributed by atoms with Crippen molar-refractivity contribution in [2.75, 3.05) is 19.8 Å². The van der Waals surface area contributed by atoms with Gasteiger partial charge in [0, 0.05) is 29.6 Å². The molecule has 1 aliphatic carbocycles. The molecule has 0 bridgehead atoms. The summed E-state index contributed by atoms with van der Waals surface area (Å²) < 4.78 is 6.40. The number of ether oxygens (including phenoxy) is 1. The van der Waals surface area contributed by atoms with Gasteiger partial charge in [0.15, 0.2) is 0 Å². The minimum Gasteiger partial charge on any atom is -0.381 e. The second-order valence-electron chi connectivity index (χ2n) is 6.60. The molecule has 1 amide bonds. The van der Waals surface area contributed by atoms with E-state index in [1.165, 1.54) is 12.0 Å². The smallest absolute Gasteiger partial charge is 0.240 e. The van der Waals surface area contributed by atoms with Gasteiger partial charge in [-0.3, -0.25) is 4.79 Å². The highest BCUT2D eigenvalue weighted by Crippen LogP contribution is 2.43. The quantitative estimate of drug-likeness (QED) is 0.812. The number of amides is 1. The normalized spacial score (nSPS) is 21.7. The van der Waals surface area contributed by atoms with Crippen LogP contribution in [-0.2, 0) is 14.9 Å². The van der Waals surface area contributed by atoms with Crippen LogP contribution in [0, 0.1) is 0 Å². The van der Waals surface area contributed by atoms with E-state index in [9.17, 15) is 4.79 Å². The van der Waals surface area contributed by atoms with Crippen LogP contribution >= 0.6 is 28.3 Å². The number of rotatable bonds is 4. The molecular weight excluding hydrogens is 380 g/mol. The lowest BCUT2D eigenvalue weighted by atomic mass is 9.64. The van der Waals surface area contributed by atoms with Crippen molar-refractivity contribution >= 4 is 34.2 Å². The summed E-state index contributed by atoms with van der Waals surface area (Å²) in [5.74, 6) is -0.0305. The van der Waals surface area contributed by atoms with E-state index in [0.29, 0.717) is 32.6 Å². The molecule has 2 aliphatic rings. The summed E-state index contributed by atoms with van der Waals surface area (Å²) in [7, 11) is 0. The summed E-state index contributed by atoms with van der Waals surface area (Å²) >= 11 is 3.54. The second-order valence-corrected chi connectivity index (χ2v) is 7.51. The number of hydrogen-bond acceptors (Lipinski definition) is 3. The van der Waals surface area contributed by atoms with Crippen LogP contribution in [0.25, 0.3) is 0 Å². The van der Waals surface area contributed by atoms with Gasteiger partial charge in [-0.25, -0.2) is 0 Å². The lowest BCUT2D eigenvalue weighted by molar-refractivity contribution is -0.130. The zero-order valence-corrected chi connectivity index (χ0v) is 15.5. The molecule has 0 aromatic heterocycles. The van der Waals surface area contributed by atoms with E-state index >= 15 is 0 Å². The zero-order valence-electron chi connectivity index (χ0n) is 13.1. The van der Waals surface area contributed by atoms with Crippen molar-refractivity contribution in [3.63, 3.8) is 0 Å². The third kappa shape index (κ3) is 3.90. The summed E-state index contributed by atoms with van der Waals surface area (Å²) in [5.41, 5.74) is 6.86. The van der Waals surface area contributed by atoms with E-state index in [1.54, 1.807) is 0 Å². The van der Waals surface area contributed by atoms with Crippen molar-refractivity contribution in [3.8, 4) is 0 Å². The molecule has 6 heteroatoms. The molecule has 2 fully saturated rings. The van der Waals surface area contributed by atoms with Crippen LogP contribution in [0.1, 0.15) is 37.7 Å². The van der Waals surface area contributed by atoms with Gasteiger partial charge in [-0.15, -0.1) is 12.4 Å². The fraction of sp³-hybridized carbons (Fsp3) is 0.588. The fourth-order valence-electron chi connectivity index (χ4n) is 3.38. The van der Waals surface area contributed by atoms with Gasteiger partial charge in [-0.2, -0.15) is 0 Å². The van der Waals surface area contributed by atoms with E-state index in [4.69, 9.17) is 10.5 Å². The Morgan fingerprint density at radius 3 is 2.52 bits per heavy atom. The number of benzene rings is 1. The van der Waals surface area contributed by atoms with Gasteiger partial charge in [-0.05, 0) is 43.4 Å². The van der Waals surface area contributed by atoms with Crippen molar-refractivity contribution < 1.29 is 9.53 Å². The summed E-state index contributed by atoms with van der Waals surface area (Å²) in [6.45, 7) is 1.81. The first-order chi connectivity index (χ1) is 10.5. The number of nitrogens with one attached hydrogen (secondary N) is 1. The third-order valence-corrected chi connectivity index (χ3v) is 5.67. The number of nitrogens with two attached hydrogens (primary N) is 1. The van der Waals surface area contributed by atoms with Crippen LogP contribution in [0.15, 0.2) is 28.7 Å². The third-order valence-electron chi connectivity index (χ3n) is 5.17. The Balaban J connectivity index is 0.00000192. The molecule has 128 valence electrons. The molecule has 3 rings (SSSR count). The Labute approximate surface area is 152 Å². The maximum atomic E-state index is 12.5. The number of halogens is 2. The molecular formula is C17H24BrClN2O2. The average Bonchev–Trinajstić information content (AvgIpc) is 2.47. The van der Waals surface area contributed by atoms with Crippen molar-refractivity contribution in [3.05, 3.63) is 34.3 Å². The maximum absolute atomic E-state index is 12.5. The van der Waals surface area contributed by atoms with Crippen molar-refractivity contribution in [1.82, 2.24) is 5.32 Å². The largest absolute Gasteiger partial charge is 0.381 e. The molecule has 1 heterocycles. The second kappa shape index (κ2) is 7.51. The first kappa shape index (κ1) is 18.7. The SMILES string of the molecule is Cl.NC1(C(=O)NCC2(c3cccc(Br)c3)CCC2)CCOCC1. The van der Waals surface area contributed by atoms with Gasteiger partial charge in [0.25, 0.3) is 0 Å². The molecule has 0 radical (unpaired) electrons. The first-order valence-corrected chi connectivity index (χ1v) is 8.74. The highest BCUT2D eigenvalue weighted by molar-refractivity contribution is 9.10. The van der Waals surface area contributed by atoms with Crippen molar-refractivity contribution in [2.24, 2.45) is 5.73 Å². The summed E-state index contributed by atoms with van der Waals surface area (Å²) in [6, 6.07) is 8.41. The summed E-state index contributed by atoms with van der Waals surface area (Å²) in [5, 5.41) is 3.12. The van der Waals surface area contributed by atoms with E-state index in [1.807, 2.05) is 6.07 Å². The molecule has 0 unspecified atom stereocenters. The van der Waals surface area contributed by atoms with Crippen LogP contribution in [0.3, 0.4) is 0 Å². The highest BCUT2D eigenvalue weighted by Gasteiger charge is 2.41. The van der Waals surface area contributed by atoms with Crippen LogP contribution in [0.4, 0.5) is 0 Å². The highest BCUT2D eigenvalue weighted by atomic mass is 79.9. The van der Waals surface area contributed by atoms with Crippen molar-refractivity contribution in [1.29, 1.82) is 0 Å². The monoisotopic (exact) mass is 402 g/mol. The molecule has 1 aromatic rings. The number of carbonyl (C=O) groups excluding carboxylic acids is 1. The molecule has 23 heavy (non-hydrogen) atoms. The molecule has 3 N–H and O–H groups in total. The molecule has 4 nitrogen and oxygen atoms in total. The molecule has 1 aliphatic heterocycles. The van der Waals surface area contributed by atoms with Gasteiger partial charge in [0.05, 0.1) is 5.54 Å². The van der Waals surface area contributed by atoms with E-state index in [-0.39, 0.29) is 23.7 Å². The fourth-order valence-corrected chi connectivity index (χ4v) is 3.78. The Morgan fingerprint density at radius 2 is 1.96 bits per heavy atom.